The molecule has 0 bridgehead atoms. The van der Waals surface area contributed by atoms with Gasteiger partial charge >= 0.3 is 0 Å². The third-order valence-electron chi connectivity index (χ3n) is 4.33. The van der Waals surface area contributed by atoms with E-state index in [-0.39, 0.29) is 10.8 Å². The number of hydrogen-bond donors (Lipinski definition) is 1. The van der Waals surface area contributed by atoms with Crippen molar-refractivity contribution < 1.29 is 13.2 Å². The number of piperidine rings is 1. The predicted octanol–water partition coefficient (Wildman–Crippen LogP) is 3.67. The Hall–Kier alpha value is -1.70. The summed E-state index contributed by atoms with van der Waals surface area (Å²) < 4.78 is 27.3. The number of sulfonamides is 1. The smallest absolute Gasteiger partial charge is 0.265 e. The number of carbonyl (C=O) groups is 1. The number of anilines is 1. The Balaban J connectivity index is 1.74. The highest BCUT2D eigenvalue weighted by atomic mass is 32.2. The van der Waals surface area contributed by atoms with E-state index in [2.05, 4.69) is 19.2 Å². The van der Waals surface area contributed by atoms with Crippen LogP contribution in [0.15, 0.2) is 46.7 Å². The van der Waals surface area contributed by atoms with Gasteiger partial charge in [0.2, 0.25) is 10.0 Å². The fourth-order valence-electron chi connectivity index (χ4n) is 3.26. The molecule has 7 heteroatoms. The third kappa shape index (κ3) is 4.11. The van der Waals surface area contributed by atoms with Gasteiger partial charge in [0.1, 0.15) is 0 Å². The molecule has 1 fully saturated rings. The molecular weight excluding hydrogens is 356 g/mol. The molecule has 134 valence electrons. The molecule has 1 aromatic heterocycles. The lowest BCUT2D eigenvalue weighted by Gasteiger charge is -2.34. The first-order valence-corrected chi connectivity index (χ1v) is 10.6. The summed E-state index contributed by atoms with van der Waals surface area (Å²) >= 11 is 1.36. The van der Waals surface area contributed by atoms with Gasteiger partial charge in [0.15, 0.2) is 0 Å². The molecule has 2 heterocycles. The Kier molecular flexibility index (Phi) is 5.27. The molecule has 0 radical (unpaired) electrons. The predicted molar refractivity (Wildman–Crippen MR) is 100 cm³/mol. The SMILES string of the molecule is C[C@@H]1C[C@@H](C)CN(S(=O)(=O)c2ccc(NC(=O)c3cccs3)cc2)C1. The second-order valence-electron chi connectivity index (χ2n) is 6.72. The average molecular weight is 379 g/mol. The first-order chi connectivity index (χ1) is 11.9. The zero-order valence-corrected chi connectivity index (χ0v) is 15.9. The maximum absolute atomic E-state index is 12.8. The second-order valence-corrected chi connectivity index (χ2v) is 9.61. The van der Waals surface area contributed by atoms with Crippen LogP contribution < -0.4 is 5.32 Å². The lowest BCUT2D eigenvalue weighted by Crippen LogP contribution is -2.42. The number of rotatable bonds is 4. The molecule has 1 saturated heterocycles. The number of nitrogens with one attached hydrogen (secondary N) is 1. The summed E-state index contributed by atoms with van der Waals surface area (Å²) in [6.45, 7) is 5.29. The molecule has 1 N–H and O–H groups in total. The normalized spacial score (nSPS) is 21.8. The summed E-state index contributed by atoms with van der Waals surface area (Å²) in [6.07, 6.45) is 1.06. The molecule has 1 aliphatic rings. The number of amides is 1. The van der Waals surface area contributed by atoms with Gasteiger partial charge in [-0.3, -0.25) is 4.79 Å². The van der Waals surface area contributed by atoms with Gasteiger partial charge in [0.25, 0.3) is 5.91 Å². The highest BCUT2D eigenvalue weighted by Gasteiger charge is 2.31. The molecule has 25 heavy (non-hydrogen) atoms. The van der Waals surface area contributed by atoms with Crippen LogP contribution in [-0.2, 0) is 10.0 Å². The number of carbonyl (C=O) groups excluding carboxylic acids is 1. The minimum Gasteiger partial charge on any atom is -0.321 e. The molecule has 0 saturated carbocycles. The van der Waals surface area contributed by atoms with Gasteiger partial charge in [-0.2, -0.15) is 4.31 Å². The average Bonchev–Trinajstić information content (AvgIpc) is 3.09. The van der Waals surface area contributed by atoms with Gasteiger partial charge < -0.3 is 5.32 Å². The maximum atomic E-state index is 12.8. The Labute approximate surface area is 152 Å². The van der Waals surface area contributed by atoms with Gasteiger partial charge in [-0.15, -0.1) is 11.3 Å². The van der Waals surface area contributed by atoms with Crippen molar-refractivity contribution in [3.05, 3.63) is 46.7 Å². The topological polar surface area (TPSA) is 66.5 Å². The van der Waals surface area contributed by atoms with Crippen molar-refractivity contribution in [3.63, 3.8) is 0 Å². The van der Waals surface area contributed by atoms with Crippen LogP contribution in [0.25, 0.3) is 0 Å². The minimum absolute atomic E-state index is 0.190. The van der Waals surface area contributed by atoms with Crippen molar-refractivity contribution in [1.82, 2.24) is 4.31 Å². The van der Waals surface area contributed by atoms with Crippen molar-refractivity contribution in [2.24, 2.45) is 11.8 Å². The Bertz CT molecular complexity index is 820. The van der Waals surface area contributed by atoms with Crippen molar-refractivity contribution in [3.8, 4) is 0 Å². The van der Waals surface area contributed by atoms with Crippen LogP contribution in [0.4, 0.5) is 5.69 Å². The van der Waals surface area contributed by atoms with Gasteiger partial charge in [0.05, 0.1) is 9.77 Å². The van der Waals surface area contributed by atoms with Gasteiger partial charge in [-0.05, 0) is 54.0 Å². The largest absolute Gasteiger partial charge is 0.321 e. The van der Waals surface area contributed by atoms with E-state index in [0.717, 1.165) is 6.42 Å². The molecule has 3 rings (SSSR count). The van der Waals surface area contributed by atoms with Crippen molar-refractivity contribution in [2.75, 3.05) is 18.4 Å². The van der Waals surface area contributed by atoms with Crippen LogP contribution >= 0.6 is 11.3 Å². The van der Waals surface area contributed by atoms with E-state index >= 15 is 0 Å². The van der Waals surface area contributed by atoms with E-state index < -0.39 is 10.0 Å². The van der Waals surface area contributed by atoms with E-state index in [1.165, 1.54) is 11.3 Å². The number of nitrogens with zero attached hydrogens (tertiary/aromatic N) is 1. The first-order valence-electron chi connectivity index (χ1n) is 8.31. The maximum Gasteiger partial charge on any atom is 0.265 e. The van der Waals surface area contributed by atoms with Crippen LogP contribution in [0.2, 0.25) is 0 Å². The Morgan fingerprint density at radius 1 is 1.12 bits per heavy atom. The van der Waals surface area contributed by atoms with Crippen molar-refractivity contribution in [1.29, 1.82) is 0 Å². The van der Waals surface area contributed by atoms with Gasteiger partial charge in [0, 0.05) is 18.8 Å². The standard InChI is InChI=1S/C18H22N2O3S2/c1-13-10-14(2)12-20(11-13)25(22,23)16-7-5-15(6-8-16)19-18(21)17-4-3-9-24-17/h3-9,13-14H,10-12H2,1-2H3,(H,19,21)/t13-,14-/m1/s1. The molecule has 2 aromatic rings. The van der Waals surface area contributed by atoms with Crippen LogP contribution in [0.1, 0.15) is 29.9 Å². The fraction of sp³-hybridized carbons (Fsp3) is 0.389. The second kappa shape index (κ2) is 7.27. The zero-order chi connectivity index (χ0) is 18.0. The number of benzene rings is 1. The van der Waals surface area contributed by atoms with Crippen LogP contribution in [0.5, 0.6) is 0 Å². The zero-order valence-electron chi connectivity index (χ0n) is 14.3. The first kappa shape index (κ1) is 18.1. The number of hydrogen-bond acceptors (Lipinski definition) is 4. The highest BCUT2D eigenvalue weighted by Crippen LogP contribution is 2.27. The van der Waals surface area contributed by atoms with E-state index in [9.17, 15) is 13.2 Å². The molecule has 2 atom stereocenters. The Morgan fingerprint density at radius 2 is 1.76 bits per heavy atom. The summed E-state index contributed by atoms with van der Waals surface area (Å²) in [5, 5.41) is 4.62. The summed E-state index contributed by atoms with van der Waals surface area (Å²) in [5.74, 6) is 0.537. The molecule has 1 aliphatic heterocycles. The third-order valence-corrected chi connectivity index (χ3v) is 7.04. The lowest BCUT2D eigenvalue weighted by atomic mass is 9.94. The summed E-state index contributed by atoms with van der Waals surface area (Å²) in [5.41, 5.74) is 0.581. The molecule has 0 aliphatic carbocycles. The quantitative estimate of drug-likeness (QED) is 0.883. The summed E-state index contributed by atoms with van der Waals surface area (Å²) in [6, 6.07) is 9.95. The fourth-order valence-corrected chi connectivity index (χ4v) is 5.56. The number of thiophene rings is 1. The van der Waals surface area contributed by atoms with Crippen molar-refractivity contribution in [2.45, 2.75) is 25.2 Å². The molecule has 5 nitrogen and oxygen atoms in total. The van der Waals surface area contributed by atoms with Crippen molar-refractivity contribution >= 4 is 33.0 Å². The monoisotopic (exact) mass is 378 g/mol. The van der Waals surface area contributed by atoms with Gasteiger partial charge in [-0.25, -0.2) is 8.42 Å². The highest BCUT2D eigenvalue weighted by molar-refractivity contribution is 7.89. The Morgan fingerprint density at radius 3 is 2.32 bits per heavy atom. The minimum atomic E-state index is -3.49. The molecular formula is C18H22N2O3S2. The van der Waals surface area contributed by atoms with Crippen LogP contribution in [-0.4, -0.2) is 31.7 Å². The lowest BCUT2D eigenvalue weighted by molar-refractivity contribution is 0.103. The van der Waals surface area contributed by atoms with E-state index in [1.54, 1.807) is 34.6 Å². The molecule has 0 unspecified atom stereocenters. The van der Waals surface area contributed by atoms with Gasteiger partial charge in [-0.1, -0.05) is 19.9 Å². The molecule has 1 aromatic carbocycles. The summed E-state index contributed by atoms with van der Waals surface area (Å²) in [4.78, 5) is 12.9. The van der Waals surface area contributed by atoms with Crippen LogP contribution in [0, 0.1) is 11.8 Å². The van der Waals surface area contributed by atoms with E-state index in [4.69, 9.17) is 0 Å². The molecule has 1 amide bonds. The van der Waals surface area contributed by atoms with E-state index in [0.29, 0.717) is 35.5 Å². The molecule has 0 spiro atoms. The van der Waals surface area contributed by atoms with Crippen LogP contribution in [0.3, 0.4) is 0 Å². The summed E-state index contributed by atoms with van der Waals surface area (Å²) in [7, 11) is -3.49. The van der Waals surface area contributed by atoms with E-state index in [1.807, 2.05) is 11.4 Å².